The SMILES string of the molecule is CCc1nnc(C)cc1C(=O)NCC(O)(CC)CC. The van der Waals surface area contributed by atoms with Gasteiger partial charge in [-0.1, -0.05) is 20.8 Å². The van der Waals surface area contributed by atoms with Crippen molar-refractivity contribution in [1.82, 2.24) is 15.5 Å². The molecule has 0 saturated heterocycles. The molecule has 0 atom stereocenters. The Bertz CT molecular complexity index is 442. The van der Waals surface area contributed by atoms with Gasteiger partial charge in [-0.2, -0.15) is 10.2 Å². The number of hydrogen-bond donors (Lipinski definition) is 2. The maximum Gasteiger partial charge on any atom is 0.253 e. The zero-order chi connectivity index (χ0) is 14.5. The number of aryl methyl sites for hydroxylation is 2. The number of hydrogen-bond acceptors (Lipinski definition) is 4. The van der Waals surface area contributed by atoms with Crippen LogP contribution in [0.25, 0.3) is 0 Å². The topological polar surface area (TPSA) is 75.1 Å². The molecule has 2 N–H and O–H groups in total. The summed E-state index contributed by atoms with van der Waals surface area (Å²) in [6.45, 7) is 7.81. The van der Waals surface area contributed by atoms with Crippen LogP contribution in [0, 0.1) is 6.92 Å². The van der Waals surface area contributed by atoms with Crippen LogP contribution in [-0.4, -0.2) is 33.4 Å². The standard InChI is InChI=1S/C14H23N3O2/c1-5-12-11(8-10(4)16-17-12)13(18)15-9-14(19,6-2)7-3/h8,19H,5-7,9H2,1-4H3,(H,15,18). The molecule has 0 radical (unpaired) electrons. The summed E-state index contributed by atoms with van der Waals surface area (Å²) in [5.41, 5.74) is 1.10. The van der Waals surface area contributed by atoms with Gasteiger partial charge >= 0.3 is 0 Å². The van der Waals surface area contributed by atoms with Crippen molar-refractivity contribution in [1.29, 1.82) is 0 Å². The lowest BCUT2D eigenvalue weighted by Crippen LogP contribution is -2.42. The van der Waals surface area contributed by atoms with E-state index in [0.717, 1.165) is 0 Å². The molecule has 0 unspecified atom stereocenters. The molecular weight excluding hydrogens is 242 g/mol. The van der Waals surface area contributed by atoms with E-state index in [4.69, 9.17) is 0 Å². The Balaban J connectivity index is 2.81. The second-order valence-corrected chi connectivity index (χ2v) is 4.81. The fourth-order valence-corrected chi connectivity index (χ4v) is 1.81. The second-order valence-electron chi connectivity index (χ2n) is 4.81. The van der Waals surface area contributed by atoms with Gasteiger partial charge in [-0.3, -0.25) is 4.79 Å². The van der Waals surface area contributed by atoms with Crippen molar-refractivity contribution in [3.05, 3.63) is 23.0 Å². The Morgan fingerprint density at radius 1 is 1.32 bits per heavy atom. The van der Waals surface area contributed by atoms with Crippen LogP contribution >= 0.6 is 0 Å². The Labute approximate surface area is 114 Å². The van der Waals surface area contributed by atoms with Crippen molar-refractivity contribution in [2.75, 3.05) is 6.54 Å². The van der Waals surface area contributed by atoms with Crippen molar-refractivity contribution >= 4 is 5.91 Å². The summed E-state index contributed by atoms with van der Waals surface area (Å²) in [7, 11) is 0. The van der Waals surface area contributed by atoms with Gasteiger partial charge in [0, 0.05) is 6.54 Å². The Morgan fingerprint density at radius 3 is 2.47 bits per heavy atom. The third-order valence-electron chi connectivity index (χ3n) is 3.47. The highest BCUT2D eigenvalue weighted by Crippen LogP contribution is 2.14. The summed E-state index contributed by atoms with van der Waals surface area (Å²) in [5, 5.41) is 20.9. The summed E-state index contributed by atoms with van der Waals surface area (Å²) in [4.78, 5) is 12.2. The quantitative estimate of drug-likeness (QED) is 0.819. The minimum absolute atomic E-state index is 0.199. The molecule has 0 aliphatic heterocycles. The van der Waals surface area contributed by atoms with Crippen LogP contribution in [0.5, 0.6) is 0 Å². The Kier molecular flexibility index (Phi) is 5.42. The third-order valence-corrected chi connectivity index (χ3v) is 3.47. The monoisotopic (exact) mass is 265 g/mol. The van der Waals surface area contributed by atoms with Crippen LogP contribution in [0.2, 0.25) is 0 Å². The third kappa shape index (κ3) is 3.99. The smallest absolute Gasteiger partial charge is 0.253 e. The lowest BCUT2D eigenvalue weighted by Gasteiger charge is -2.25. The average molecular weight is 265 g/mol. The predicted octanol–water partition coefficient (Wildman–Crippen LogP) is 1.63. The van der Waals surface area contributed by atoms with Crippen LogP contribution in [0.4, 0.5) is 0 Å². The van der Waals surface area contributed by atoms with Crippen LogP contribution in [0.1, 0.15) is 55.4 Å². The molecule has 1 amide bonds. The molecule has 5 heteroatoms. The summed E-state index contributed by atoms with van der Waals surface area (Å²) in [6.07, 6.45) is 1.87. The van der Waals surface area contributed by atoms with Gasteiger partial charge in [-0.15, -0.1) is 0 Å². The van der Waals surface area contributed by atoms with Gasteiger partial charge < -0.3 is 10.4 Å². The van der Waals surface area contributed by atoms with Crippen molar-refractivity contribution < 1.29 is 9.90 Å². The van der Waals surface area contributed by atoms with Crippen molar-refractivity contribution in [3.8, 4) is 0 Å². The molecule has 1 rings (SSSR count). The van der Waals surface area contributed by atoms with Gasteiger partial charge in [0.05, 0.1) is 22.6 Å². The fourth-order valence-electron chi connectivity index (χ4n) is 1.81. The number of aromatic nitrogens is 2. The fraction of sp³-hybridized carbons (Fsp3) is 0.643. The van der Waals surface area contributed by atoms with Gasteiger partial charge in [0.15, 0.2) is 0 Å². The van der Waals surface area contributed by atoms with Crippen molar-refractivity contribution in [2.24, 2.45) is 0 Å². The van der Waals surface area contributed by atoms with E-state index >= 15 is 0 Å². The first kappa shape index (κ1) is 15.6. The highest BCUT2D eigenvalue weighted by Gasteiger charge is 2.23. The van der Waals surface area contributed by atoms with E-state index < -0.39 is 5.60 Å². The molecule has 1 aromatic rings. The summed E-state index contributed by atoms with van der Waals surface area (Å²) in [5.74, 6) is -0.199. The van der Waals surface area contributed by atoms with E-state index in [9.17, 15) is 9.90 Å². The number of carbonyl (C=O) groups excluding carboxylic acids is 1. The molecule has 0 aliphatic carbocycles. The first-order valence-electron chi connectivity index (χ1n) is 6.79. The molecule has 106 valence electrons. The second kappa shape index (κ2) is 6.61. The van der Waals surface area contributed by atoms with Gasteiger partial charge in [0.25, 0.3) is 5.91 Å². The molecule has 19 heavy (non-hydrogen) atoms. The molecule has 0 aromatic carbocycles. The average Bonchev–Trinajstić information content (AvgIpc) is 2.44. The molecule has 0 fully saturated rings. The van der Waals surface area contributed by atoms with Gasteiger partial charge in [0.2, 0.25) is 0 Å². The molecule has 1 heterocycles. The number of amides is 1. The molecule has 1 aromatic heterocycles. The lowest BCUT2D eigenvalue weighted by molar-refractivity contribution is 0.0313. The normalized spacial score (nSPS) is 11.4. The van der Waals surface area contributed by atoms with Gasteiger partial charge in [-0.05, 0) is 32.3 Å². The van der Waals surface area contributed by atoms with Crippen LogP contribution in [0.3, 0.4) is 0 Å². The van der Waals surface area contributed by atoms with Gasteiger partial charge in [-0.25, -0.2) is 0 Å². The molecule has 0 spiro atoms. The van der Waals surface area contributed by atoms with Crippen LogP contribution < -0.4 is 5.32 Å². The number of rotatable bonds is 6. The Hall–Kier alpha value is -1.49. The molecule has 5 nitrogen and oxygen atoms in total. The van der Waals surface area contributed by atoms with Crippen LogP contribution in [-0.2, 0) is 6.42 Å². The molecule has 0 saturated carbocycles. The highest BCUT2D eigenvalue weighted by molar-refractivity contribution is 5.95. The van der Waals surface area contributed by atoms with Gasteiger partial charge in [0.1, 0.15) is 0 Å². The summed E-state index contributed by atoms with van der Waals surface area (Å²) >= 11 is 0. The number of nitrogens with one attached hydrogen (secondary N) is 1. The van der Waals surface area contributed by atoms with Crippen molar-refractivity contribution in [2.45, 2.75) is 52.6 Å². The number of nitrogens with zero attached hydrogens (tertiary/aromatic N) is 2. The predicted molar refractivity (Wildman–Crippen MR) is 74.0 cm³/mol. The van der Waals surface area contributed by atoms with E-state index in [2.05, 4.69) is 15.5 Å². The zero-order valence-corrected chi connectivity index (χ0v) is 12.2. The number of aliphatic hydroxyl groups is 1. The molecule has 0 aliphatic rings. The largest absolute Gasteiger partial charge is 0.388 e. The first-order chi connectivity index (χ1) is 8.95. The minimum atomic E-state index is -0.836. The molecular formula is C14H23N3O2. The first-order valence-corrected chi connectivity index (χ1v) is 6.79. The summed E-state index contributed by atoms with van der Waals surface area (Å²) in [6, 6.07) is 1.73. The summed E-state index contributed by atoms with van der Waals surface area (Å²) < 4.78 is 0. The van der Waals surface area contributed by atoms with E-state index in [-0.39, 0.29) is 12.5 Å². The van der Waals surface area contributed by atoms with E-state index in [1.807, 2.05) is 20.8 Å². The van der Waals surface area contributed by atoms with Crippen molar-refractivity contribution in [3.63, 3.8) is 0 Å². The maximum absolute atomic E-state index is 12.2. The van der Waals surface area contributed by atoms with E-state index in [1.54, 1.807) is 13.0 Å². The Morgan fingerprint density at radius 2 is 1.95 bits per heavy atom. The maximum atomic E-state index is 12.2. The zero-order valence-electron chi connectivity index (χ0n) is 12.2. The highest BCUT2D eigenvalue weighted by atomic mass is 16.3. The number of carbonyl (C=O) groups is 1. The van der Waals surface area contributed by atoms with Crippen LogP contribution in [0.15, 0.2) is 6.07 Å². The lowest BCUT2D eigenvalue weighted by atomic mass is 9.97. The molecule has 0 bridgehead atoms. The minimum Gasteiger partial charge on any atom is -0.388 e. The van der Waals surface area contributed by atoms with E-state index in [0.29, 0.717) is 36.2 Å². The van der Waals surface area contributed by atoms with E-state index in [1.165, 1.54) is 0 Å².